The van der Waals surface area contributed by atoms with Crippen molar-refractivity contribution in [3.8, 4) is 0 Å². The summed E-state index contributed by atoms with van der Waals surface area (Å²) >= 11 is 1.59. The summed E-state index contributed by atoms with van der Waals surface area (Å²) in [5.74, 6) is 1.03. The van der Waals surface area contributed by atoms with E-state index in [0.29, 0.717) is 18.8 Å². The molecule has 0 aliphatic carbocycles. The normalized spacial score (nSPS) is 11.7. The van der Waals surface area contributed by atoms with Crippen LogP contribution >= 0.6 is 11.8 Å². The van der Waals surface area contributed by atoms with Crippen LogP contribution in [-0.2, 0) is 21.9 Å². The fraction of sp³-hybridized carbons (Fsp3) is 0.391. The monoisotopic (exact) mass is 398 g/mol. The molecule has 4 nitrogen and oxygen atoms in total. The molecule has 0 aromatic heterocycles. The average Bonchev–Trinajstić information content (AvgIpc) is 2.71. The summed E-state index contributed by atoms with van der Waals surface area (Å²) in [5, 5.41) is 2.90. The fourth-order valence-electron chi connectivity index (χ4n) is 2.86. The molecule has 2 amide bonds. The molecule has 2 aromatic carbocycles. The third-order valence-electron chi connectivity index (χ3n) is 4.66. The minimum atomic E-state index is -0.502. The van der Waals surface area contributed by atoms with Crippen molar-refractivity contribution in [1.82, 2.24) is 10.2 Å². The predicted molar refractivity (Wildman–Crippen MR) is 117 cm³/mol. The number of carbonyl (C=O) groups excluding carboxylic acids is 2. The van der Waals surface area contributed by atoms with E-state index in [1.807, 2.05) is 49.4 Å². The summed E-state index contributed by atoms with van der Waals surface area (Å²) in [7, 11) is 0. The highest BCUT2D eigenvalue weighted by molar-refractivity contribution is 7.99. The highest BCUT2D eigenvalue weighted by atomic mass is 32.2. The van der Waals surface area contributed by atoms with Gasteiger partial charge in [0.05, 0.1) is 5.75 Å². The van der Waals surface area contributed by atoms with Crippen LogP contribution in [0.1, 0.15) is 37.0 Å². The first-order valence-corrected chi connectivity index (χ1v) is 10.9. The van der Waals surface area contributed by atoms with E-state index in [9.17, 15) is 9.59 Å². The summed E-state index contributed by atoms with van der Waals surface area (Å²) in [6.07, 6.45) is 0.872. The van der Waals surface area contributed by atoms with Gasteiger partial charge < -0.3 is 10.2 Å². The Kier molecular flexibility index (Phi) is 9.08. The number of carbonyl (C=O) groups is 2. The van der Waals surface area contributed by atoms with Gasteiger partial charge in [0.2, 0.25) is 11.8 Å². The van der Waals surface area contributed by atoms with Crippen molar-refractivity contribution < 1.29 is 9.59 Å². The SMILES string of the molecule is CCCNC(=O)[C@@H](C)N(Cc1ccccc1)C(=O)CSCc1ccccc1C. The molecule has 0 unspecified atom stereocenters. The highest BCUT2D eigenvalue weighted by Gasteiger charge is 2.25. The smallest absolute Gasteiger partial charge is 0.242 e. The van der Waals surface area contributed by atoms with Gasteiger partial charge in [0, 0.05) is 18.8 Å². The molecule has 2 rings (SSSR count). The van der Waals surface area contributed by atoms with Gasteiger partial charge in [-0.3, -0.25) is 9.59 Å². The highest BCUT2D eigenvalue weighted by Crippen LogP contribution is 2.18. The van der Waals surface area contributed by atoms with Gasteiger partial charge in [0.25, 0.3) is 0 Å². The van der Waals surface area contributed by atoms with Crippen LogP contribution in [0.25, 0.3) is 0 Å². The quantitative estimate of drug-likeness (QED) is 0.653. The molecule has 0 aliphatic heterocycles. The van der Waals surface area contributed by atoms with E-state index < -0.39 is 6.04 Å². The molecule has 0 bridgehead atoms. The largest absolute Gasteiger partial charge is 0.354 e. The molecule has 0 saturated carbocycles. The van der Waals surface area contributed by atoms with Gasteiger partial charge >= 0.3 is 0 Å². The molecule has 0 fully saturated rings. The van der Waals surface area contributed by atoms with Crippen LogP contribution < -0.4 is 5.32 Å². The van der Waals surface area contributed by atoms with Crippen LogP contribution in [-0.4, -0.2) is 35.1 Å². The van der Waals surface area contributed by atoms with E-state index in [-0.39, 0.29) is 11.8 Å². The number of aryl methyl sites for hydroxylation is 1. The van der Waals surface area contributed by atoms with Crippen LogP contribution in [0.4, 0.5) is 0 Å². The number of nitrogens with one attached hydrogen (secondary N) is 1. The van der Waals surface area contributed by atoms with Gasteiger partial charge in [0.15, 0.2) is 0 Å². The van der Waals surface area contributed by atoms with Crippen molar-refractivity contribution in [3.63, 3.8) is 0 Å². The fourth-order valence-corrected chi connectivity index (χ4v) is 3.85. The molecule has 2 aromatic rings. The van der Waals surface area contributed by atoms with Crippen molar-refractivity contribution in [2.75, 3.05) is 12.3 Å². The van der Waals surface area contributed by atoms with E-state index in [4.69, 9.17) is 0 Å². The maximum Gasteiger partial charge on any atom is 0.242 e. The Morgan fingerprint density at radius 1 is 1.07 bits per heavy atom. The van der Waals surface area contributed by atoms with E-state index >= 15 is 0 Å². The van der Waals surface area contributed by atoms with Gasteiger partial charge in [-0.2, -0.15) is 0 Å². The summed E-state index contributed by atoms with van der Waals surface area (Å²) in [5.41, 5.74) is 3.49. The lowest BCUT2D eigenvalue weighted by Crippen LogP contribution is -2.48. The number of thioether (sulfide) groups is 1. The van der Waals surface area contributed by atoms with E-state index in [0.717, 1.165) is 17.7 Å². The van der Waals surface area contributed by atoms with Crippen LogP contribution in [0.15, 0.2) is 54.6 Å². The van der Waals surface area contributed by atoms with Crippen LogP contribution in [0.2, 0.25) is 0 Å². The minimum Gasteiger partial charge on any atom is -0.354 e. The zero-order chi connectivity index (χ0) is 20.4. The summed E-state index contributed by atoms with van der Waals surface area (Å²) in [6.45, 7) is 6.96. The number of nitrogens with zero attached hydrogens (tertiary/aromatic N) is 1. The molecule has 1 N–H and O–H groups in total. The van der Waals surface area contributed by atoms with Crippen molar-refractivity contribution in [1.29, 1.82) is 0 Å². The zero-order valence-corrected chi connectivity index (χ0v) is 17.8. The van der Waals surface area contributed by atoms with Crippen molar-refractivity contribution in [2.45, 2.75) is 45.5 Å². The summed E-state index contributed by atoms with van der Waals surface area (Å²) in [4.78, 5) is 27.1. The predicted octanol–water partition coefficient (Wildman–Crippen LogP) is 4.17. The molecule has 0 heterocycles. The molecule has 1 atom stereocenters. The first-order chi connectivity index (χ1) is 13.5. The molecule has 150 valence electrons. The average molecular weight is 399 g/mol. The van der Waals surface area contributed by atoms with Gasteiger partial charge in [-0.15, -0.1) is 11.8 Å². The molecule has 28 heavy (non-hydrogen) atoms. The summed E-state index contributed by atoms with van der Waals surface area (Å²) in [6, 6.07) is 17.5. The van der Waals surface area contributed by atoms with Crippen molar-refractivity contribution in [2.24, 2.45) is 0 Å². The number of rotatable bonds is 10. The van der Waals surface area contributed by atoms with Crippen molar-refractivity contribution in [3.05, 3.63) is 71.3 Å². The van der Waals surface area contributed by atoms with Gasteiger partial charge in [0.1, 0.15) is 6.04 Å². The number of hydrogen-bond acceptors (Lipinski definition) is 3. The maximum absolute atomic E-state index is 13.0. The molecule has 0 aliphatic rings. The van der Waals surface area contributed by atoms with Gasteiger partial charge in [-0.25, -0.2) is 0 Å². The molecule has 0 saturated heterocycles. The Morgan fingerprint density at radius 2 is 1.75 bits per heavy atom. The second kappa shape index (κ2) is 11.5. The lowest BCUT2D eigenvalue weighted by Gasteiger charge is -2.28. The Labute approximate surface area is 172 Å². The summed E-state index contributed by atoms with van der Waals surface area (Å²) < 4.78 is 0. The Bertz CT molecular complexity index is 764. The maximum atomic E-state index is 13.0. The Morgan fingerprint density at radius 3 is 2.43 bits per heavy atom. The van der Waals surface area contributed by atoms with Crippen LogP contribution in [0.5, 0.6) is 0 Å². The van der Waals surface area contributed by atoms with E-state index in [1.54, 1.807) is 23.6 Å². The second-order valence-electron chi connectivity index (χ2n) is 6.89. The first kappa shape index (κ1) is 22.0. The Balaban J connectivity index is 2.03. The van der Waals surface area contributed by atoms with Crippen LogP contribution in [0, 0.1) is 6.92 Å². The molecule has 5 heteroatoms. The topological polar surface area (TPSA) is 49.4 Å². The lowest BCUT2D eigenvalue weighted by molar-refractivity contribution is -0.138. The standard InChI is InChI=1S/C23H30N2O2S/c1-4-14-24-23(27)19(3)25(15-20-11-6-5-7-12-20)22(26)17-28-16-21-13-9-8-10-18(21)2/h5-13,19H,4,14-17H2,1-3H3,(H,24,27)/t19-/m1/s1. The lowest BCUT2D eigenvalue weighted by atomic mass is 10.1. The van der Waals surface area contributed by atoms with E-state index in [1.165, 1.54) is 11.1 Å². The third kappa shape index (κ3) is 6.71. The second-order valence-corrected chi connectivity index (χ2v) is 7.88. The molecular formula is C23H30N2O2S. The number of benzene rings is 2. The van der Waals surface area contributed by atoms with Crippen molar-refractivity contribution >= 4 is 23.6 Å². The third-order valence-corrected chi connectivity index (χ3v) is 5.62. The number of hydrogen-bond donors (Lipinski definition) is 1. The zero-order valence-electron chi connectivity index (χ0n) is 17.0. The molecule has 0 radical (unpaired) electrons. The number of amides is 2. The van der Waals surface area contributed by atoms with Gasteiger partial charge in [-0.05, 0) is 37.0 Å². The molecular weight excluding hydrogens is 368 g/mol. The molecule has 0 spiro atoms. The first-order valence-electron chi connectivity index (χ1n) is 9.76. The Hall–Kier alpha value is -2.27. The minimum absolute atomic E-state index is 0.0124. The van der Waals surface area contributed by atoms with Gasteiger partial charge in [-0.1, -0.05) is 61.5 Å². The van der Waals surface area contributed by atoms with E-state index in [2.05, 4.69) is 24.4 Å². The van der Waals surface area contributed by atoms with Crippen LogP contribution in [0.3, 0.4) is 0 Å².